The predicted molar refractivity (Wildman–Crippen MR) is 67.2 cm³/mol. The van der Waals surface area contributed by atoms with E-state index in [4.69, 9.17) is 0 Å². The zero-order chi connectivity index (χ0) is 11.1. The minimum absolute atomic E-state index is 0.255. The first-order chi connectivity index (χ1) is 7.27. The van der Waals surface area contributed by atoms with Gasteiger partial charge in [0.2, 0.25) is 5.91 Å². The van der Waals surface area contributed by atoms with Crippen molar-refractivity contribution in [1.82, 2.24) is 5.32 Å². The van der Waals surface area contributed by atoms with Crippen LogP contribution in [0.4, 0.5) is 0 Å². The molecule has 0 aliphatic heterocycles. The molecule has 1 fully saturated rings. The minimum atomic E-state index is 0.255. The van der Waals surface area contributed by atoms with Crippen LogP contribution in [0.3, 0.4) is 0 Å². The molecule has 0 spiro atoms. The normalized spacial score (nSPS) is 25.5. The summed E-state index contributed by atoms with van der Waals surface area (Å²) in [6.45, 7) is 4.32. The molecule has 1 saturated carbocycles. The number of hydrogen-bond acceptors (Lipinski definition) is 2. The molecule has 1 N–H and O–H groups in total. The summed E-state index contributed by atoms with van der Waals surface area (Å²) in [5.41, 5.74) is 0. The van der Waals surface area contributed by atoms with Crippen LogP contribution in [0, 0.1) is 0 Å². The Hall–Kier alpha value is -0.180. The molecule has 0 aromatic heterocycles. The van der Waals surface area contributed by atoms with Crippen LogP contribution in [-0.4, -0.2) is 23.0 Å². The first-order valence-corrected chi connectivity index (χ1v) is 7.23. The van der Waals surface area contributed by atoms with Gasteiger partial charge in [-0.05, 0) is 25.0 Å². The summed E-state index contributed by atoms with van der Waals surface area (Å²) < 4.78 is 0. The van der Waals surface area contributed by atoms with Gasteiger partial charge in [-0.2, -0.15) is 11.8 Å². The average molecular weight is 229 g/mol. The summed E-state index contributed by atoms with van der Waals surface area (Å²) in [4.78, 5) is 11.6. The van der Waals surface area contributed by atoms with Crippen molar-refractivity contribution in [3.8, 4) is 0 Å². The van der Waals surface area contributed by atoms with E-state index in [1.807, 2.05) is 11.8 Å². The maximum absolute atomic E-state index is 11.6. The Morgan fingerprint density at radius 1 is 1.40 bits per heavy atom. The largest absolute Gasteiger partial charge is 0.352 e. The Bertz CT molecular complexity index is 196. The number of carbonyl (C=O) groups is 1. The van der Waals surface area contributed by atoms with Crippen molar-refractivity contribution in [3.63, 3.8) is 0 Å². The number of nitrogens with one attached hydrogen (secondary N) is 1. The van der Waals surface area contributed by atoms with Gasteiger partial charge in [-0.15, -0.1) is 0 Å². The molecule has 0 unspecified atom stereocenters. The highest BCUT2D eigenvalue weighted by molar-refractivity contribution is 7.99. The molecule has 2 nitrogen and oxygen atoms in total. The van der Waals surface area contributed by atoms with Crippen molar-refractivity contribution >= 4 is 17.7 Å². The third-order valence-electron chi connectivity index (χ3n) is 2.94. The Morgan fingerprint density at radius 2 is 2.20 bits per heavy atom. The summed E-state index contributed by atoms with van der Waals surface area (Å²) in [6.07, 6.45) is 6.55. The molecule has 0 aromatic rings. The number of amides is 1. The third-order valence-corrected chi connectivity index (χ3v) is 4.26. The maximum Gasteiger partial charge on any atom is 0.220 e. The van der Waals surface area contributed by atoms with E-state index in [0.717, 1.165) is 18.6 Å². The van der Waals surface area contributed by atoms with Crippen LogP contribution in [0.25, 0.3) is 0 Å². The zero-order valence-electron chi connectivity index (χ0n) is 9.92. The molecule has 1 aliphatic carbocycles. The van der Waals surface area contributed by atoms with E-state index in [0.29, 0.717) is 17.7 Å². The molecule has 0 radical (unpaired) electrons. The summed E-state index contributed by atoms with van der Waals surface area (Å²) >= 11 is 2.00. The fourth-order valence-electron chi connectivity index (χ4n) is 2.12. The molecule has 0 bridgehead atoms. The van der Waals surface area contributed by atoms with Gasteiger partial charge in [-0.1, -0.05) is 26.7 Å². The highest BCUT2D eigenvalue weighted by atomic mass is 32.2. The fourth-order valence-corrected chi connectivity index (χ4v) is 3.32. The Balaban J connectivity index is 2.26. The molecule has 2 atom stereocenters. The molecule has 0 saturated heterocycles. The highest BCUT2D eigenvalue weighted by Crippen LogP contribution is 2.29. The van der Waals surface area contributed by atoms with Crippen LogP contribution in [0.15, 0.2) is 0 Å². The van der Waals surface area contributed by atoms with Crippen LogP contribution in [0.1, 0.15) is 52.4 Å². The number of unbranched alkanes of at least 4 members (excludes halogenated alkanes) is 1. The van der Waals surface area contributed by atoms with Crippen LogP contribution < -0.4 is 5.32 Å². The van der Waals surface area contributed by atoms with Crippen molar-refractivity contribution in [2.45, 2.75) is 63.7 Å². The SMILES string of the molecule is CCCCC(=O)N[C@H]1CCC[C@@H]1SCC. The van der Waals surface area contributed by atoms with Crippen molar-refractivity contribution in [2.24, 2.45) is 0 Å². The standard InChI is InChI=1S/C12H23NOS/c1-3-5-9-12(14)13-10-7-6-8-11(10)15-4-2/h10-11H,3-9H2,1-2H3,(H,13,14)/t10-,11-/m0/s1. The van der Waals surface area contributed by atoms with Gasteiger partial charge in [-0.3, -0.25) is 4.79 Å². The number of carbonyl (C=O) groups excluding carboxylic acids is 1. The lowest BCUT2D eigenvalue weighted by atomic mass is 10.2. The second kappa shape index (κ2) is 7.15. The highest BCUT2D eigenvalue weighted by Gasteiger charge is 2.27. The van der Waals surface area contributed by atoms with E-state index in [9.17, 15) is 4.79 Å². The van der Waals surface area contributed by atoms with E-state index in [2.05, 4.69) is 19.2 Å². The summed E-state index contributed by atoms with van der Waals surface area (Å²) in [6, 6.07) is 0.444. The fraction of sp³-hybridized carbons (Fsp3) is 0.917. The lowest BCUT2D eigenvalue weighted by molar-refractivity contribution is -0.121. The molecule has 3 heteroatoms. The summed E-state index contributed by atoms with van der Waals surface area (Å²) in [5.74, 6) is 1.41. The van der Waals surface area contributed by atoms with Crippen LogP contribution >= 0.6 is 11.8 Å². The third kappa shape index (κ3) is 4.45. The van der Waals surface area contributed by atoms with E-state index in [1.54, 1.807) is 0 Å². The van der Waals surface area contributed by atoms with Gasteiger partial charge in [0, 0.05) is 17.7 Å². The summed E-state index contributed by atoms with van der Waals surface area (Å²) in [5, 5.41) is 3.86. The molecule has 1 aliphatic rings. The van der Waals surface area contributed by atoms with E-state index in [1.165, 1.54) is 19.3 Å². The Labute approximate surface area is 97.6 Å². The minimum Gasteiger partial charge on any atom is -0.352 e. The van der Waals surface area contributed by atoms with E-state index < -0.39 is 0 Å². The molecular formula is C12H23NOS. The quantitative estimate of drug-likeness (QED) is 0.758. The Kier molecular flexibility index (Phi) is 6.15. The molecule has 1 amide bonds. The van der Waals surface area contributed by atoms with E-state index in [-0.39, 0.29) is 5.91 Å². The topological polar surface area (TPSA) is 29.1 Å². The van der Waals surface area contributed by atoms with E-state index >= 15 is 0 Å². The van der Waals surface area contributed by atoms with Gasteiger partial charge in [0.1, 0.15) is 0 Å². The lowest BCUT2D eigenvalue weighted by Gasteiger charge is -2.20. The van der Waals surface area contributed by atoms with Crippen molar-refractivity contribution in [1.29, 1.82) is 0 Å². The lowest BCUT2D eigenvalue weighted by Crippen LogP contribution is -2.38. The molecule has 0 heterocycles. The molecule has 88 valence electrons. The second-order valence-electron chi connectivity index (χ2n) is 4.20. The monoisotopic (exact) mass is 229 g/mol. The molecule has 0 aromatic carbocycles. The van der Waals surface area contributed by atoms with Crippen molar-refractivity contribution in [2.75, 3.05) is 5.75 Å². The van der Waals surface area contributed by atoms with Gasteiger partial charge < -0.3 is 5.32 Å². The first kappa shape index (κ1) is 12.9. The average Bonchev–Trinajstić information content (AvgIpc) is 2.63. The number of rotatable bonds is 6. The number of hydrogen-bond donors (Lipinski definition) is 1. The Morgan fingerprint density at radius 3 is 2.87 bits per heavy atom. The molecule has 1 rings (SSSR count). The van der Waals surface area contributed by atoms with Gasteiger partial charge in [0.25, 0.3) is 0 Å². The van der Waals surface area contributed by atoms with Crippen LogP contribution in [-0.2, 0) is 4.79 Å². The van der Waals surface area contributed by atoms with Crippen LogP contribution in [0.2, 0.25) is 0 Å². The number of thioether (sulfide) groups is 1. The smallest absolute Gasteiger partial charge is 0.220 e. The maximum atomic E-state index is 11.6. The van der Waals surface area contributed by atoms with Gasteiger partial charge in [0.15, 0.2) is 0 Å². The predicted octanol–water partition coefficient (Wildman–Crippen LogP) is 2.97. The summed E-state index contributed by atoms with van der Waals surface area (Å²) in [7, 11) is 0. The molecule has 15 heavy (non-hydrogen) atoms. The van der Waals surface area contributed by atoms with Gasteiger partial charge in [0.05, 0.1) is 0 Å². The van der Waals surface area contributed by atoms with Crippen molar-refractivity contribution in [3.05, 3.63) is 0 Å². The van der Waals surface area contributed by atoms with Gasteiger partial charge in [-0.25, -0.2) is 0 Å². The molecular weight excluding hydrogens is 206 g/mol. The zero-order valence-corrected chi connectivity index (χ0v) is 10.7. The van der Waals surface area contributed by atoms with Crippen LogP contribution in [0.5, 0.6) is 0 Å². The van der Waals surface area contributed by atoms with Gasteiger partial charge >= 0.3 is 0 Å². The van der Waals surface area contributed by atoms with Crippen molar-refractivity contribution < 1.29 is 4.79 Å². The first-order valence-electron chi connectivity index (χ1n) is 6.18. The second-order valence-corrected chi connectivity index (χ2v) is 5.72.